The number of nitrogens with one attached hydrogen (secondary N) is 1. The Kier molecular flexibility index (Phi) is 5.82. The molecule has 1 heterocycles. The summed E-state index contributed by atoms with van der Waals surface area (Å²) < 4.78 is 5.66. The third-order valence-electron chi connectivity index (χ3n) is 4.04. The zero-order valence-electron chi connectivity index (χ0n) is 15.3. The first-order valence-electron chi connectivity index (χ1n) is 8.50. The maximum Gasteiger partial charge on any atom is 0.337 e. The molecule has 0 aliphatic heterocycles. The molecule has 2 N–H and O–H groups in total. The molecule has 0 atom stereocenters. The molecule has 3 rings (SSSR count). The lowest BCUT2D eigenvalue weighted by Gasteiger charge is -2.04. The van der Waals surface area contributed by atoms with Crippen molar-refractivity contribution in [3.63, 3.8) is 0 Å². The summed E-state index contributed by atoms with van der Waals surface area (Å²) in [6, 6.07) is 16.8. The van der Waals surface area contributed by atoms with E-state index in [1.807, 2.05) is 19.1 Å². The molecule has 2 aromatic carbocycles. The van der Waals surface area contributed by atoms with Crippen molar-refractivity contribution in [2.45, 2.75) is 6.92 Å². The van der Waals surface area contributed by atoms with Crippen LogP contribution in [0.1, 0.15) is 21.7 Å². The normalized spacial score (nSPS) is 11.0. The number of nitriles is 1. The van der Waals surface area contributed by atoms with Crippen LogP contribution in [0.3, 0.4) is 0 Å². The molecule has 0 fully saturated rings. The second-order valence-corrected chi connectivity index (χ2v) is 6.60. The van der Waals surface area contributed by atoms with Gasteiger partial charge in [0.25, 0.3) is 5.91 Å². The number of hydrogen-bond donors (Lipinski definition) is 2. The molecular formula is C22H15ClN2O4. The Morgan fingerprint density at radius 2 is 1.97 bits per heavy atom. The minimum absolute atomic E-state index is 0.0123. The van der Waals surface area contributed by atoms with Crippen LogP contribution in [0.4, 0.5) is 5.69 Å². The fourth-order valence-electron chi connectivity index (χ4n) is 2.64. The molecule has 0 saturated carbocycles. The Labute approximate surface area is 171 Å². The van der Waals surface area contributed by atoms with E-state index in [0.29, 0.717) is 22.8 Å². The second kappa shape index (κ2) is 8.46. The highest BCUT2D eigenvalue weighted by Gasteiger charge is 2.13. The van der Waals surface area contributed by atoms with Crippen molar-refractivity contribution in [2.24, 2.45) is 0 Å². The molecule has 0 spiro atoms. The summed E-state index contributed by atoms with van der Waals surface area (Å²) in [7, 11) is 0. The van der Waals surface area contributed by atoms with Crippen LogP contribution in [0.5, 0.6) is 0 Å². The fraction of sp³-hybridized carbons (Fsp3) is 0.0455. The number of benzene rings is 2. The third kappa shape index (κ3) is 4.72. The quantitative estimate of drug-likeness (QED) is 0.450. The van der Waals surface area contributed by atoms with E-state index in [-0.39, 0.29) is 16.2 Å². The van der Waals surface area contributed by atoms with E-state index >= 15 is 0 Å². The van der Waals surface area contributed by atoms with E-state index < -0.39 is 11.9 Å². The minimum Gasteiger partial charge on any atom is -0.478 e. The molecule has 29 heavy (non-hydrogen) atoms. The van der Waals surface area contributed by atoms with Gasteiger partial charge < -0.3 is 14.8 Å². The van der Waals surface area contributed by atoms with E-state index in [2.05, 4.69) is 5.32 Å². The van der Waals surface area contributed by atoms with Crippen LogP contribution in [0.15, 0.2) is 64.6 Å². The monoisotopic (exact) mass is 406 g/mol. The van der Waals surface area contributed by atoms with Crippen molar-refractivity contribution in [1.82, 2.24) is 0 Å². The van der Waals surface area contributed by atoms with Gasteiger partial charge in [-0.3, -0.25) is 4.79 Å². The van der Waals surface area contributed by atoms with Crippen molar-refractivity contribution in [3.05, 3.63) is 82.1 Å². The summed E-state index contributed by atoms with van der Waals surface area (Å²) >= 11 is 5.99. The largest absolute Gasteiger partial charge is 0.478 e. The maximum atomic E-state index is 12.4. The number of carboxylic acid groups (broad SMARTS) is 1. The van der Waals surface area contributed by atoms with Crippen LogP contribution in [-0.4, -0.2) is 17.0 Å². The number of nitrogens with zero attached hydrogens (tertiary/aromatic N) is 1. The lowest BCUT2D eigenvalue weighted by molar-refractivity contribution is -0.112. The highest BCUT2D eigenvalue weighted by molar-refractivity contribution is 6.33. The number of carbonyl (C=O) groups excluding carboxylic acids is 1. The fourth-order valence-corrected chi connectivity index (χ4v) is 2.90. The van der Waals surface area contributed by atoms with Gasteiger partial charge in [-0.15, -0.1) is 0 Å². The van der Waals surface area contributed by atoms with Gasteiger partial charge in [-0.25, -0.2) is 4.79 Å². The number of halogens is 1. The van der Waals surface area contributed by atoms with Crippen LogP contribution in [0.25, 0.3) is 17.4 Å². The summed E-state index contributed by atoms with van der Waals surface area (Å²) in [5.41, 5.74) is 2.01. The first-order valence-corrected chi connectivity index (χ1v) is 8.88. The van der Waals surface area contributed by atoms with Crippen LogP contribution >= 0.6 is 11.6 Å². The van der Waals surface area contributed by atoms with Gasteiger partial charge in [-0.1, -0.05) is 29.8 Å². The van der Waals surface area contributed by atoms with Crippen molar-refractivity contribution < 1.29 is 19.1 Å². The molecule has 1 amide bonds. The Morgan fingerprint density at radius 3 is 2.62 bits per heavy atom. The average Bonchev–Trinajstić information content (AvgIpc) is 3.14. The summed E-state index contributed by atoms with van der Waals surface area (Å²) in [5, 5.41) is 21.1. The topological polar surface area (TPSA) is 103 Å². The SMILES string of the molecule is Cc1cccc(NC(=O)/C(C#N)=C/c2ccc(-c3ccc(C(=O)O)c(Cl)c3)o2)c1. The van der Waals surface area contributed by atoms with Crippen LogP contribution in [0.2, 0.25) is 5.02 Å². The molecule has 0 aliphatic carbocycles. The number of anilines is 1. The first kappa shape index (κ1) is 19.9. The lowest BCUT2D eigenvalue weighted by Crippen LogP contribution is -2.13. The molecule has 0 saturated heterocycles. The number of carboxylic acids is 1. The second-order valence-electron chi connectivity index (χ2n) is 6.20. The zero-order chi connectivity index (χ0) is 21.0. The maximum absolute atomic E-state index is 12.4. The van der Waals surface area contributed by atoms with Gasteiger partial charge in [-0.05, 0) is 48.9 Å². The van der Waals surface area contributed by atoms with E-state index in [1.165, 1.54) is 18.2 Å². The predicted molar refractivity (Wildman–Crippen MR) is 110 cm³/mol. The number of aromatic carboxylic acids is 1. The van der Waals surface area contributed by atoms with Gasteiger partial charge in [0.15, 0.2) is 0 Å². The number of carbonyl (C=O) groups is 2. The molecule has 1 aromatic heterocycles. The Balaban J connectivity index is 1.82. The predicted octanol–water partition coefficient (Wildman–Crippen LogP) is 5.15. The van der Waals surface area contributed by atoms with Crippen molar-refractivity contribution in [3.8, 4) is 17.4 Å². The summed E-state index contributed by atoms with van der Waals surface area (Å²) in [4.78, 5) is 23.4. The third-order valence-corrected chi connectivity index (χ3v) is 4.35. The first-order chi connectivity index (χ1) is 13.9. The van der Waals surface area contributed by atoms with Gasteiger partial charge in [0.1, 0.15) is 23.2 Å². The van der Waals surface area contributed by atoms with Crippen LogP contribution < -0.4 is 5.32 Å². The van der Waals surface area contributed by atoms with E-state index in [4.69, 9.17) is 21.1 Å². The molecule has 0 radical (unpaired) electrons. The minimum atomic E-state index is -1.12. The van der Waals surface area contributed by atoms with Gasteiger partial charge >= 0.3 is 5.97 Å². The Morgan fingerprint density at radius 1 is 1.17 bits per heavy atom. The molecule has 7 heteroatoms. The number of aryl methyl sites for hydroxylation is 1. The molecule has 0 aliphatic rings. The lowest BCUT2D eigenvalue weighted by atomic mass is 10.1. The average molecular weight is 407 g/mol. The molecule has 3 aromatic rings. The number of amides is 1. The summed E-state index contributed by atoms with van der Waals surface area (Å²) in [6.07, 6.45) is 1.34. The van der Waals surface area contributed by atoms with E-state index in [1.54, 1.807) is 36.4 Å². The molecule has 144 valence electrons. The Bertz CT molecular complexity index is 1170. The standard InChI is InChI=1S/C22H15ClN2O4/c1-13-3-2-4-16(9-13)25-21(26)15(12-24)10-17-6-8-20(29-17)14-5-7-18(22(27)28)19(23)11-14/h2-11H,1H3,(H,25,26)(H,27,28)/b15-10+. The molecule has 0 bridgehead atoms. The van der Waals surface area contributed by atoms with Gasteiger partial charge in [0, 0.05) is 17.3 Å². The van der Waals surface area contributed by atoms with E-state index in [9.17, 15) is 14.9 Å². The molecular weight excluding hydrogens is 392 g/mol. The highest BCUT2D eigenvalue weighted by Crippen LogP contribution is 2.28. The van der Waals surface area contributed by atoms with Crippen LogP contribution in [0, 0.1) is 18.3 Å². The van der Waals surface area contributed by atoms with E-state index in [0.717, 1.165) is 5.56 Å². The highest BCUT2D eigenvalue weighted by atomic mass is 35.5. The van der Waals surface area contributed by atoms with Crippen molar-refractivity contribution in [1.29, 1.82) is 5.26 Å². The van der Waals surface area contributed by atoms with Gasteiger partial charge in [0.2, 0.25) is 0 Å². The van der Waals surface area contributed by atoms with Gasteiger partial charge in [-0.2, -0.15) is 5.26 Å². The zero-order valence-corrected chi connectivity index (χ0v) is 16.0. The number of hydrogen-bond acceptors (Lipinski definition) is 4. The number of rotatable bonds is 5. The smallest absolute Gasteiger partial charge is 0.337 e. The van der Waals surface area contributed by atoms with Crippen molar-refractivity contribution in [2.75, 3.05) is 5.32 Å². The molecule has 6 nitrogen and oxygen atoms in total. The number of furan rings is 1. The summed E-state index contributed by atoms with van der Waals surface area (Å²) in [5.74, 6) is -0.950. The van der Waals surface area contributed by atoms with Gasteiger partial charge in [0.05, 0.1) is 10.6 Å². The van der Waals surface area contributed by atoms with Crippen LogP contribution in [-0.2, 0) is 4.79 Å². The summed E-state index contributed by atoms with van der Waals surface area (Å²) in [6.45, 7) is 1.90. The van der Waals surface area contributed by atoms with Crippen molar-refractivity contribution >= 4 is 35.2 Å². The Hall–Kier alpha value is -3.82. The molecule has 0 unspecified atom stereocenters.